The predicted octanol–water partition coefficient (Wildman–Crippen LogP) is 1.82. The number of ether oxygens (including phenoxy) is 1. The summed E-state index contributed by atoms with van der Waals surface area (Å²) < 4.78 is 18.2. The SMILES string of the molecule is O=C1OCCN1CC(=O)N1CCC[C@H]1c1nc2ccc(F)cc2[nH]1. The van der Waals surface area contributed by atoms with Gasteiger partial charge in [-0.05, 0) is 31.0 Å². The lowest BCUT2D eigenvalue weighted by atomic mass is 10.2. The van der Waals surface area contributed by atoms with Crippen LogP contribution in [0.3, 0.4) is 0 Å². The average molecular weight is 332 g/mol. The van der Waals surface area contributed by atoms with E-state index in [-0.39, 0.29) is 24.3 Å². The van der Waals surface area contributed by atoms with Crippen LogP contribution in [0.2, 0.25) is 0 Å². The van der Waals surface area contributed by atoms with Crippen LogP contribution < -0.4 is 0 Å². The lowest BCUT2D eigenvalue weighted by molar-refractivity contribution is -0.132. The first kappa shape index (κ1) is 14.9. The summed E-state index contributed by atoms with van der Waals surface area (Å²) >= 11 is 0. The van der Waals surface area contributed by atoms with Gasteiger partial charge in [-0.25, -0.2) is 14.2 Å². The second-order valence-corrected chi connectivity index (χ2v) is 6.06. The van der Waals surface area contributed by atoms with Crippen LogP contribution in [-0.4, -0.2) is 58.0 Å². The molecule has 2 fully saturated rings. The van der Waals surface area contributed by atoms with Crippen LogP contribution in [0, 0.1) is 5.82 Å². The maximum Gasteiger partial charge on any atom is 0.410 e. The average Bonchev–Trinajstić information content (AvgIpc) is 3.26. The summed E-state index contributed by atoms with van der Waals surface area (Å²) in [7, 11) is 0. The highest BCUT2D eigenvalue weighted by Crippen LogP contribution is 2.31. The largest absolute Gasteiger partial charge is 0.448 e. The second-order valence-electron chi connectivity index (χ2n) is 6.06. The molecule has 0 saturated carbocycles. The number of hydrogen-bond acceptors (Lipinski definition) is 4. The molecule has 2 aromatic rings. The molecule has 7 nitrogen and oxygen atoms in total. The number of hydrogen-bond donors (Lipinski definition) is 1. The lowest BCUT2D eigenvalue weighted by Gasteiger charge is -2.25. The van der Waals surface area contributed by atoms with Crippen LogP contribution in [0.5, 0.6) is 0 Å². The number of carbonyl (C=O) groups is 2. The number of halogens is 1. The molecule has 1 aromatic heterocycles. The van der Waals surface area contributed by atoms with Crippen LogP contribution in [0.15, 0.2) is 18.2 Å². The number of likely N-dealkylation sites (tertiary alicyclic amines) is 1. The van der Waals surface area contributed by atoms with Gasteiger partial charge in [0, 0.05) is 6.54 Å². The Morgan fingerprint density at radius 3 is 3.08 bits per heavy atom. The molecule has 24 heavy (non-hydrogen) atoms. The number of imidazole rings is 1. The molecule has 1 aromatic carbocycles. The van der Waals surface area contributed by atoms with Gasteiger partial charge in [0.1, 0.15) is 24.8 Å². The van der Waals surface area contributed by atoms with Crippen molar-refractivity contribution >= 4 is 23.0 Å². The Kier molecular flexibility index (Phi) is 3.59. The number of aromatic nitrogens is 2. The van der Waals surface area contributed by atoms with Crippen molar-refractivity contribution in [1.29, 1.82) is 0 Å². The Hall–Kier alpha value is -2.64. The van der Waals surface area contributed by atoms with E-state index in [1.54, 1.807) is 11.0 Å². The van der Waals surface area contributed by atoms with Gasteiger partial charge < -0.3 is 14.6 Å². The smallest absolute Gasteiger partial charge is 0.410 e. The standard InChI is InChI=1S/C16H17FN4O3/c17-10-3-4-11-12(8-10)19-15(18-11)13-2-1-5-21(13)14(22)9-20-6-7-24-16(20)23/h3-4,8,13H,1-2,5-7,9H2,(H,18,19)/t13-/m0/s1. The monoisotopic (exact) mass is 332 g/mol. The van der Waals surface area contributed by atoms with E-state index in [1.165, 1.54) is 17.0 Å². The predicted molar refractivity (Wildman–Crippen MR) is 82.7 cm³/mol. The molecule has 0 unspecified atom stereocenters. The van der Waals surface area contributed by atoms with Crippen molar-refractivity contribution in [2.24, 2.45) is 0 Å². The first-order chi connectivity index (χ1) is 11.6. The van der Waals surface area contributed by atoms with E-state index in [1.807, 2.05) is 0 Å². The fourth-order valence-corrected chi connectivity index (χ4v) is 3.33. The highest BCUT2D eigenvalue weighted by molar-refractivity contribution is 5.83. The number of nitrogens with one attached hydrogen (secondary N) is 1. The Bertz CT molecular complexity index is 806. The van der Waals surface area contributed by atoms with Crippen molar-refractivity contribution < 1.29 is 18.7 Å². The van der Waals surface area contributed by atoms with E-state index in [2.05, 4.69) is 9.97 Å². The molecule has 8 heteroatoms. The maximum absolute atomic E-state index is 13.3. The molecule has 2 saturated heterocycles. The summed E-state index contributed by atoms with van der Waals surface area (Å²) in [5, 5.41) is 0. The molecule has 0 radical (unpaired) electrons. The summed E-state index contributed by atoms with van der Waals surface area (Å²) in [5.41, 5.74) is 1.29. The normalized spacial score (nSPS) is 20.9. The topological polar surface area (TPSA) is 78.5 Å². The van der Waals surface area contributed by atoms with E-state index >= 15 is 0 Å². The van der Waals surface area contributed by atoms with E-state index in [9.17, 15) is 14.0 Å². The molecule has 126 valence electrons. The highest BCUT2D eigenvalue weighted by atomic mass is 19.1. The molecule has 1 atom stereocenters. The number of carbonyl (C=O) groups excluding carboxylic acids is 2. The Morgan fingerprint density at radius 1 is 1.42 bits per heavy atom. The molecule has 2 amide bonds. The lowest BCUT2D eigenvalue weighted by Crippen LogP contribution is -2.40. The number of cyclic esters (lactones) is 1. The number of fused-ring (bicyclic) bond motifs is 1. The van der Waals surface area contributed by atoms with Crippen molar-refractivity contribution in [3.8, 4) is 0 Å². The van der Waals surface area contributed by atoms with Gasteiger partial charge in [0.2, 0.25) is 5.91 Å². The van der Waals surface area contributed by atoms with Crippen LogP contribution in [-0.2, 0) is 9.53 Å². The van der Waals surface area contributed by atoms with E-state index in [0.29, 0.717) is 36.6 Å². The van der Waals surface area contributed by atoms with Gasteiger partial charge in [0.25, 0.3) is 0 Å². The van der Waals surface area contributed by atoms with Gasteiger partial charge in [0.15, 0.2) is 0 Å². The molecule has 1 N–H and O–H groups in total. The molecule has 0 spiro atoms. The first-order valence-corrected chi connectivity index (χ1v) is 7.98. The third-order valence-electron chi connectivity index (χ3n) is 4.52. The van der Waals surface area contributed by atoms with Crippen LogP contribution in [0.1, 0.15) is 24.7 Å². The maximum atomic E-state index is 13.3. The number of benzene rings is 1. The van der Waals surface area contributed by atoms with Crippen molar-refractivity contribution in [3.05, 3.63) is 29.8 Å². The summed E-state index contributed by atoms with van der Waals surface area (Å²) in [5.74, 6) is 0.207. The third-order valence-corrected chi connectivity index (χ3v) is 4.52. The zero-order valence-corrected chi connectivity index (χ0v) is 13.0. The van der Waals surface area contributed by atoms with Crippen molar-refractivity contribution in [3.63, 3.8) is 0 Å². The minimum Gasteiger partial charge on any atom is -0.448 e. The zero-order chi connectivity index (χ0) is 16.7. The molecular formula is C16H17FN4O3. The number of amides is 2. The quantitative estimate of drug-likeness (QED) is 0.930. The number of aromatic amines is 1. The van der Waals surface area contributed by atoms with Crippen molar-refractivity contribution in [1.82, 2.24) is 19.8 Å². The number of H-pyrrole nitrogens is 1. The summed E-state index contributed by atoms with van der Waals surface area (Å²) in [6.07, 6.45) is 1.21. The minimum atomic E-state index is -0.446. The molecular weight excluding hydrogens is 315 g/mol. The van der Waals surface area contributed by atoms with Gasteiger partial charge in [0.05, 0.1) is 23.6 Å². The van der Waals surface area contributed by atoms with Gasteiger partial charge >= 0.3 is 6.09 Å². The minimum absolute atomic E-state index is 0.0180. The second kappa shape index (κ2) is 5.77. The zero-order valence-electron chi connectivity index (χ0n) is 13.0. The Balaban J connectivity index is 1.54. The Labute approximate surface area is 137 Å². The summed E-state index contributed by atoms with van der Waals surface area (Å²) in [6.45, 7) is 1.40. The summed E-state index contributed by atoms with van der Waals surface area (Å²) in [4.78, 5) is 34.8. The molecule has 4 rings (SSSR count). The molecule has 2 aliphatic rings. The van der Waals surface area contributed by atoms with Gasteiger partial charge in [-0.3, -0.25) is 9.69 Å². The first-order valence-electron chi connectivity index (χ1n) is 7.98. The van der Waals surface area contributed by atoms with Crippen molar-refractivity contribution in [2.45, 2.75) is 18.9 Å². The highest BCUT2D eigenvalue weighted by Gasteiger charge is 2.34. The van der Waals surface area contributed by atoms with Crippen LogP contribution in [0.25, 0.3) is 11.0 Å². The van der Waals surface area contributed by atoms with E-state index in [4.69, 9.17) is 4.74 Å². The number of nitrogens with zero attached hydrogens (tertiary/aromatic N) is 3. The van der Waals surface area contributed by atoms with Crippen LogP contribution in [0.4, 0.5) is 9.18 Å². The molecule has 2 aliphatic heterocycles. The third kappa shape index (κ3) is 2.57. The fraction of sp³-hybridized carbons (Fsp3) is 0.438. The van der Waals surface area contributed by atoms with Crippen molar-refractivity contribution in [2.75, 3.05) is 26.2 Å². The van der Waals surface area contributed by atoms with E-state index < -0.39 is 6.09 Å². The molecule has 0 aliphatic carbocycles. The molecule has 3 heterocycles. The van der Waals surface area contributed by atoms with Crippen LogP contribution >= 0.6 is 0 Å². The summed E-state index contributed by atoms with van der Waals surface area (Å²) in [6, 6.07) is 4.20. The number of rotatable bonds is 3. The fourth-order valence-electron chi connectivity index (χ4n) is 3.33. The van der Waals surface area contributed by atoms with Gasteiger partial charge in [-0.1, -0.05) is 0 Å². The van der Waals surface area contributed by atoms with E-state index in [0.717, 1.165) is 12.8 Å². The van der Waals surface area contributed by atoms with Gasteiger partial charge in [-0.15, -0.1) is 0 Å². The Morgan fingerprint density at radius 2 is 2.29 bits per heavy atom. The van der Waals surface area contributed by atoms with Gasteiger partial charge in [-0.2, -0.15) is 0 Å². The molecule has 0 bridgehead atoms.